The summed E-state index contributed by atoms with van der Waals surface area (Å²) in [6.45, 7) is 5.35. The third kappa shape index (κ3) is 7.81. The van der Waals surface area contributed by atoms with Crippen LogP contribution in [0.2, 0.25) is 0 Å². The van der Waals surface area contributed by atoms with Crippen LogP contribution in [0.3, 0.4) is 0 Å². The molecule has 1 aromatic carbocycles. The van der Waals surface area contributed by atoms with Gasteiger partial charge in [0.2, 0.25) is 15.9 Å². The van der Waals surface area contributed by atoms with E-state index < -0.39 is 16.1 Å². The third-order valence-corrected chi connectivity index (χ3v) is 7.12. The Balaban J connectivity index is 1.96. The van der Waals surface area contributed by atoms with Gasteiger partial charge in [-0.25, -0.2) is 13.1 Å². The molecule has 0 spiro atoms. The molecule has 1 amide bonds. The second kappa shape index (κ2) is 11.8. The molecule has 1 saturated heterocycles. The van der Waals surface area contributed by atoms with Crippen molar-refractivity contribution >= 4 is 27.7 Å². The van der Waals surface area contributed by atoms with Gasteiger partial charge in [0.05, 0.1) is 12.9 Å². The smallest absolute Gasteiger partial charge is 0.240 e. The molecule has 7 nitrogen and oxygen atoms in total. The van der Waals surface area contributed by atoms with Crippen molar-refractivity contribution in [2.45, 2.75) is 32.4 Å². The van der Waals surface area contributed by atoms with Crippen molar-refractivity contribution in [1.82, 2.24) is 14.5 Å². The van der Waals surface area contributed by atoms with Crippen molar-refractivity contribution in [3.8, 4) is 5.75 Å². The SMILES string of the molecule is CCS(=O)(=O)NC(CCSC)C(=O)N1CCCN(Cc2ccc(OC)cc2)CC1. The summed E-state index contributed by atoms with van der Waals surface area (Å²) in [6.07, 6.45) is 3.34. The van der Waals surface area contributed by atoms with Gasteiger partial charge >= 0.3 is 0 Å². The number of ether oxygens (including phenoxy) is 1. The summed E-state index contributed by atoms with van der Waals surface area (Å²) in [5, 5.41) is 0. The second-order valence-corrected chi connectivity index (χ2v) is 10.2. The first kappa shape index (κ1) is 24.0. The Morgan fingerprint density at radius 1 is 1.21 bits per heavy atom. The maximum atomic E-state index is 13.0. The molecule has 1 N–H and O–H groups in total. The van der Waals surface area contributed by atoms with Gasteiger partial charge < -0.3 is 9.64 Å². The number of nitrogens with one attached hydrogen (secondary N) is 1. The van der Waals surface area contributed by atoms with Gasteiger partial charge in [-0.05, 0) is 49.5 Å². The molecule has 0 saturated carbocycles. The van der Waals surface area contributed by atoms with Gasteiger partial charge in [-0.2, -0.15) is 11.8 Å². The third-order valence-electron chi connectivity index (χ3n) is 5.08. The van der Waals surface area contributed by atoms with Gasteiger partial charge in [-0.1, -0.05) is 12.1 Å². The monoisotopic (exact) mass is 443 g/mol. The van der Waals surface area contributed by atoms with Gasteiger partial charge in [0, 0.05) is 32.7 Å². The number of carbonyl (C=O) groups is 1. The van der Waals surface area contributed by atoms with Crippen LogP contribution in [0, 0.1) is 0 Å². The maximum Gasteiger partial charge on any atom is 0.240 e. The second-order valence-electron chi connectivity index (χ2n) is 7.16. The van der Waals surface area contributed by atoms with Crippen LogP contribution >= 0.6 is 11.8 Å². The molecule has 0 bridgehead atoms. The van der Waals surface area contributed by atoms with Gasteiger partial charge in [0.1, 0.15) is 11.8 Å². The Labute approximate surface area is 179 Å². The molecule has 1 fully saturated rings. The Bertz CT molecular complexity index is 741. The van der Waals surface area contributed by atoms with Gasteiger partial charge in [0.25, 0.3) is 0 Å². The number of hydrogen-bond acceptors (Lipinski definition) is 6. The minimum absolute atomic E-state index is 0.0221. The van der Waals surface area contributed by atoms with E-state index in [4.69, 9.17) is 4.74 Å². The molecule has 0 aromatic heterocycles. The highest BCUT2D eigenvalue weighted by Gasteiger charge is 2.28. The molecule has 0 radical (unpaired) electrons. The Kier molecular flexibility index (Phi) is 9.74. The van der Waals surface area contributed by atoms with Crippen LogP contribution in [-0.2, 0) is 21.4 Å². The molecule has 29 heavy (non-hydrogen) atoms. The van der Waals surface area contributed by atoms with Crippen LogP contribution < -0.4 is 9.46 Å². The minimum atomic E-state index is -3.43. The summed E-state index contributed by atoms with van der Waals surface area (Å²) in [7, 11) is -1.77. The highest BCUT2D eigenvalue weighted by atomic mass is 32.2. The maximum absolute atomic E-state index is 13.0. The van der Waals surface area contributed by atoms with E-state index in [0.29, 0.717) is 19.5 Å². The van der Waals surface area contributed by atoms with Crippen molar-refractivity contribution in [1.29, 1.82) is 0 Å². The Hall–Kier alpha value is -1.29. The zero-order valence-electron chi connectivity index (χ0n) is 17.6. The molecule has 1 heterocycles. The van der Waals surface area contributed by atoms with Crippen molar-refractivity contribution < 1.29 is 17.9 Å². The number of hydrogen-bond donors (Lipinski definition) is 1. The van der Waals surface area contributed by atoms with E-state index in [1.165, 1.54) is 5.56 Å². The lowest BCUT2D eigenvalue weighted by atomic mass is 10.2. The van der Waals surface area contributed by atoms with Crippen LogP contribution in [0.4, 0.5) is 0 Å². The van der Waals surface area contributed by atoms with E-state index in [2.05, 4.69) is 21.8 Å². The van der Waals surface area contributed by atoms with Crippen LogP contribution in [0.15, 0.2) is 24.3 Å². The van der Waals surface area contributed by atoms with Gasteiger partial charge in [-0.15, -0.1) is 0 Å². The molecular formula is C20H33N3O4S2. The lowest BCUT2D eigenvalue weighted by Crippen LogP contribution is -2.50. The van der Waals surface area contributed by atoms with E-state index in [1.54, 1.807) is 25.8 Å². The minimum Gasteiger partial charge on any atom is -0.497 e. The quantitative estimate of drug-likeness (QED) is 0.594. The van der Waals surface area contributed by atoms with E-state index >= 15 is 0 Å². The van der Waals surface area contributed by atoms with Gasteiger partial charge in [0.15, 0.2) is 0 Å². The zero-order chi connectivity index (χ0) is 21.3. The molecule has 1 aliphatic heterocycles. The highest BCUT2D eigenvalue weighted by Crippen LogP contribution is 2.15. The molecule has 0 aliphatic carbocycles. The standard InChI is InChI=1S/C20H33N3O4S2/c1-4-29(25,26)21-19(10-15-28-3)20(24)23-12-5-11-22(13-14-23)16-17-6-8-18(27-2)9-7-17/h6-9,19,21H,4-5,10-16H2,1-3H3. The predicted molar refractivity (Wildman–Crippen MR) is 119 cm³/mol. The van der Waals surface area contributed by atoms with E-state index in [-0.39, 0.29) is 11.7 Å². The highest BCUT2D eigenvalue weighted by molar-refractivity contribution is 7.98. The average molecular weight is 444 g/mol. The number of methoxy groups -OCH3 is 1. The topological polar surface area (TPSA) is 79.0 Å². The first-order chi connectivity index (χ1) is 13.9. The van der Waals surface area contributed by atoms with Gasteiger partial charge in [-0.3, -0.25) is 9.69 Å². The molecule has 1 aliphatic rings. The average Bonchev–Trinajstić information content (AvgIpc) is 2.96. The zero-order valence-corrected chi connectivity index (χ0v) is 19.2. The van der Waals surface area contributed by atoms with Crippen molar-refractivity contribution in [2.24, 2.45) is 0 Å². The Morgan fingerprint density at radius 2 is 1.93 bits per heavy atom. The Morgan fingerprint density at radius 3 is 2.55 bits per heavy atom. The summed E-state index contributed by atoms with van der Waals surface area (Å²) in [6, 6.07) is 7.36. The largest absolute Gasteiger partial charge is 0.497 e. The normalized spacial score (nSPS) is 17.0. The molecular weight excluding hydrogens is 410 g/mol. The fraction of sp³-hybridized carbons (Fsp3) is 0.650. The molecule has 164 valence electrons. The van der Waals surface area contributed by atoms with E-state index in [0.717, 1.165) is 37.6 Å². The fourth-order valence-corrected chi connectivity index (χ4v) is 4.62. The number of nitrogens with zero attached hydrogens (tertiary/aromatic N) is 2. The lowest BCUT2D eigenvalue weighted by Gasteiger charge is -2.27. The lowest BCUT2D eigenvalue weighted by molar-refractivity contribution is -0.132. The molecule has 9 heteroatoms. The first-order valence-electron chi connectivity index (χ1n) is 10.0. The summed E-state index contributed by atoms with van der Waals surface area (Å²) in [5.74, 6) is 1.45. The summed E-state index contributed by atoms with van der Waals surface area (Å²) in [4.78, 5) is 17.2. The summed E-state index contributed by atoms with van der Waals surface area (Å²) in [5.41, 5.74) is 1.21. The first-order valence-corrected chi connectivity index (χ1v) is 13.1. The summed E-state index contributed by atoms with van der Waals surface area (Å²) >= 11 is 1.61. The van der Waals surface area contributed by atoms with E-state index in [9.17, 15) is 13.2 Å². The van der Waals surface area contributed by atoms with E-state index in [1.807, 2.05) is 23.3 Å². The molecule has 2 rings (SSSR count). The number of rotatable bonds is 10. The fourth-order valence-electron chi connectivity index (χ4n) is 3.33. The summed E-state index contributed by atoms with van der Waals surface area (Å²) < 4.78 is 31.9. The predicted octanol–water partition coefficient (Wildman–Crippen LogP) is 1.79. The van der Waals surface area contributed by atoms with Crippen LogP contribution in [0.25, 0.3) is 0 Å². The number of benzene rings is 1. The van der Waals surface area contributed by atoms with Crippen LogP contribution in [0.1, 0.15) is 25.3 Å². The van der Waals surface area contributed by atoms with Crippen LogP contribution in [0.5, 0.6) is 5.75 Å². The molecule has 1 atom stereocenters. The molecule has 1 aromatic rings. The number of sulfonamides is 1. The number of thioether (sulfide) groups is 1. The van der Waals surface area contributed by atoms with Crippen molar-refractivity contribution in [3.05, 3.63) is 29.8 Å². The van der Waals surface area contributed by atoms with Crippen molar-refractivity contribution in [2.75, 3.05) is 51.1 Å². The molecule has 1 unspecified atom stereocenters. The number of amides is 1. The van der Waals surface area contributed by atoms with Crippen LogP contribution in [-0.4, -0.2) is 81.2 Å². The van der Waals surface area contributed by atoms with Crippen molar-refractivity contribution in [3.63, 3.8) is 0 Å². The number of carbonyl (C=O) groups excluding carboxylic acids is 1.